The van der Waals surface area contributed by atoms with Gasteiger partial charge in [0.15, 0.2) is 0 Å². The molecule has 7 nitrogen and oxygen atoms in total. The fourth-order valence-corrected chi connectivity index (χ4v) is 1.94. The second kappa shape index (κ2) is 7.32. The number of carbonyl (C=O) groups excluding carboxylic acids is 2. The molecule has 1 heterocycles. The highest BCUT2D eigenvalue weighted by atomic mass is 16.7. The molecule has 0 bridgehead atoms. The molecule has 1 saturated heterocycles. The van der Waals surface area contributed by atoms with Crippen LogP contribution in [-0.4, -0.2) is 42.0 Å². The van der Waals surface area contributed by atoms with Crippen LogP contribution < -0.4 is 5.32 Å². The molecule has 1 aliphatic rings. The van der Waals surface area contributed by atoms with E-state index in [0.717, 1.165) is 10.6 Å². The zero-order chi connectivity index (χ0) is 16.9. The van der Waals surface area contributed by atoms with E-state index in [9.17, 15) is 9.59 Å². The second-order valence-electron chi connectivity index (χ2n) is 6.24. The Labute approximate surface area is 135 Å². The highest BCUT2D eigenvalue weighted by Crippen LogP contribution is 2.14. The second-order valence-corrected chi connectivity index (χ2v) is 6.24. The van der Waals surface area contributed by atoms with Crippen molar-refractivity contribution in [2.75, 3.05) is 13.2 Å². The van der Waals surface area contributed by atoms with E-state index in [0.29, 0.717) is 0 Å². The molecule has 2 rings (SSSR count). The summed E-state index contributed by atoms with van der Waals surface area (Å²) in [6.45, 7) is 5.93. The molecule has 0 aromatic heterocycles. The Balaban J connectivity index is 1.72. The minimum atomic E-state index is -0.597. The molecule has 0 aliphatic carbocycles. The van der Waals surface area contributed by atoms with E-state index in [1.54, 1.807) is 20.8 Å². The largest absolute Gasteiger partial charge is 0.445 e. The van der Waals surface area contributed by atoms with Crippen molar-refractivity contribution in [2.24, 2.45) is 0 Å². The molecule has 1 atom stereocenters. The molecule has 1 aliphatic heterocycles. The highest BCUT2D eigenvalue weighted by molar-refractivity contribution is 5.69. The smallest absolute Gasteiger partial charge is 0.434 e. The fraction of sp³-hybridized carbons (Fsp3) is 0.500. The molecule has 1 fully saturated rings. The van der Waals surface area contributed by atoms with Crippen molar-refractivity contribution in [3.8, 4) is 0 Å². The summed E-state index contributed by atoms with van der Waals surface area (Å²) in [7, 11) is 0. The lowest BCUT2D eigenvalue weighted by molar-refractivity contribution is -0.107. The predicted octanol–water partition coefficient (Wildman–Crippen LogP) is 2.46. The van der Waals surface area contributed by atoms with Crippen LogP contribution in [0.2, 0.25) is 0 Å². The minimum absolute atomic E-state index is 0.191. The number of hydroxylamine groups is 2. The van der Waals surface area contributed by atoms with E-state index >= 15 is 0 Å². The lowest BCUT2D eigenvalue weighted by atomic mass is 10.2. The number of nitrogens with one attached hydrogen (secondary N) is 1. The van der Waals surface area contributed by atoms with Crippen LogP contribution in [0.3, 0.4) is 0 Å². The number of rotatable bonds is 3. The molecule has 126 valence electrons. The van der Waals surface area contributed by atoms with Gasteiger partial charge in [0.1, 0.15) is 12.2 Å². The van der Waals surface area contributed by atoms with Gasteiger partial charge in [-0.05, 0) is 26.3 Å². The normalized spacial score (nSPS) is 17.7. The fourth-order valence-electron chi connectivity index (χ4n) is 1.94. The Morgan fingerprint density at radius 2 is 2.00 bits per heavy atom. The van der Waals surface area contributed by atoms with Gasteiger partial charge in [-0.1, -0.05) is 30.3 Å². The number of hydrogen-bond donors (Lipinski definition) is 1. The van der Waals surface area contributed by atoms with E-state index in [4.69, 9.17) is 14.3 Å². The maximum absolute atomic E-state index is 11.8. The van der Waals surface area contributed by atoms with E-state index in [1.165, 1.54) is 0 Å². The van der Waals surface area contributed by atoms with E-state index in [1.807, 2.05) is 30.3 Å². The highest BCUT2D eigenvalue weighted by Gasteiger charge is 2.32. The SMILES string of the molecule is CC(C)(C)OC(=O)N1C[C@H](NC(=O)OCc2ccccc2)CO1. The van der Waals surface area contributed by atoms with Gasteiger partial charge in [0, 0.05) is 0 Å². The van der Waals surface area contributed by atoms with Gasteiger partial charge < -0.3 is 14.8 Å². The lowest BCUT2D eigenvalue weighted by Gasteiger charge is -2.23. The Morgan fingerprint density at radius 1 is 1.30 bits per heavy atom. The van der Waals surface area contributed by atoms with Crippen LogP contribution in [0.15, 0.2) is 30.3 Å². The van der Waals surface area contributed by atoms with E-state index in [-0.39, 0.29) is 25.8 Å². The predicted molar refractivity (Wildman–Crippen MR) is 82.4 cm³/mol. The van der Waals surface area contributed by atoms with Gasteiger partial charge in [-0.3, -0.25) is 4.84 Å². The van der Waals surface area contributed by atoms with Crippen LogP contribution in [-0.2, 0) is 20.9 Å². The van der Waals surface area contributed by atoms with Crippen LogP contribution in [0.25, 0.3) is 0 Å². The first kappa shape index (κ1) is 17.1. The molecule has 1 N–H and O–H groups in total. The van der Waals surface area contributed by atoms with Gasteiger partial charge in [-0.25, -0.2) is 9.59 Å². The number of nitrogens with zero attached hydrogens (tertiary/aromatic N) is 1. The minimum Gasteiger partial charge on any atom is -0.445 e. The van der Waals surface area contributed by atoms with Crippen molar-refractivity contribution in [3.05, 3.63) is 35.9 Å². The summed E-state index contributed by atoms with van der Waals surface area (Å²) in [4.78, 5) is 28.8. The number of ether oxygens (including phenoxy) is 2. The van der Waals surface area contributed by atoms with Crippen LogP contribution in [0.5, 0.6) is 0 Å². The summed E-state index contributed by atoms with van der Waals surface area (Å²) >= 11 is 0. The molecule has 7 heteroatoms. The Kier molecular flexibility index (Phi) is 5.44. The van der Waals surface area contributed by atoms with Crippen molar-refractivity contribution in [1.29, 1.82) is 0 Å². The first-order valence-electron chi connectivity index (χ1n) is 7.44. The van der Waals surface area contributed by atoms with Crippen molar-refractivity contribution >= 4 is 12.2 Å². The molecule has 1 aromatic carbocycles. The lowest BCUT2D eigenvalue weighted by Crippen LogP contribution is -2.40. The summed E-state index contributed by atoms with van der Waals surface area (Å²) in [5.41, 5.74) is 0.307. The van der Waals surface area contributed by atoms with Gasteiger partial charge in [0.25, 0.3) is 0 Å². The van der Waals surface area contributed by atoms with Crippen LogP contribution in [0.1, 0.15) is 26.3 Å². The maximum Gasteiger partial charge on any atom is 0.434 e. The van der Waals surface area contributed by atoms with Crippen molar-refractivity contribution in [2.45, 2.75) is 39.0 Å². The Hall–Kier alpha value is -2.28. The average molecular weight is 322 g/mol. The third-order valence-electron chi connectivity index (χ3n) is 2.95. The van der Waals surface area contributed by atoms with Gasteiger partial charge in [-0.2, -0.15) is 5.06 Å². The number of carbonyl (C=O) groups is 2. The number of hydrogen-bond acceptors (Lipinski definition) is 5. The quantitative estimate of drug-likeness (QED) is 0.925. The molecule has 23 heavy (non-hydrogen) atoms. The van der Waals surface area contributed by atoms with Crippen LogP contribution >= 0.6 is 0 Å². The third-order valence-corrected chi connectivity index (χ3v) is 2.95. The topological polar surface area (TPSA) is 77.1 Å². The van der Waals surface area contributed by atoms with Gasteiger partial charge in [-0.15, -0.1) is 0 Å². The van der Waals surface area contributed by atoms with Gasteiger partial charge >= 0.3 is 12.2 Å². The molecular weight excluding hydrogens is 300 g/mol. The summed E-state index contributed by atoms with van der Waals surface area (Å²) in [6.07, 6.45) is -1.12. The zero-order valence-electron chi connectivity index (χ0n) is 13.6. The molecule has 0 unspecified atom stereocenters. The number of amides is 2. The summed E-state index contributed by atoms with van der Waals surface area (Å²) < 4.78 is 10.3. The number of alkyl carbamates (subject to hydrolysis) is 1. The monoisotopic (exact) mass is 322 g/mol. The van der Waals surface area contributed by atoms with Crippen molar-refractivity contribution < 1.29 is 23.9 Å². The van der Waals surface area contributed by atoms with E-state index < -0.39 is 17.8 Å². The van der Waals surface area contributed by atoms with Crippen LogP contribution in [0.4, 0.5) is 9.59 Å². The standard InChI is InChI=1S/C16H22N2O5/c1-16(2,3)23-15(20)18-9-13(11-22-18)17-14(19)21-10-12-7-5-4-6-8-12/h4-8,13H,9-11H2,1-3H3,(H,17,19)/t13-/m0/s1. The third kappa shape index (κ3) is 5.78. The maximum atomic E-state index is 11.8. The molecule has 0 radical (unpaired) electrons. The first-order chi connectivity index (χ1) is 10.8. The van der Waals surface area contributed by atoms with Crippen molar-refractivity contribution in [3.63, 3.8) is 0 Å². The Bertz CT molecular complexity index is 541. The molecule has 0 spiro atoms. The molecule has 2 amide bonds. The number of benzene rings is 1. The first-order valence-corrected chi connectivity index (χ1v) is 7.44. The van der Waals surface area contributed by atoms with Crippen LogP contribution in [0, 0.1) is 0 Å². The van der Waals surface area contributed by atoms with Crippen molar-refractivity contribution in [1.82, 2.24) is 10.4 Å². The summed E-state index contributed by atoms with van der Waals surface area (Å²) in [5, 5.41) is 3.77. The zero-order valence-corrected chi connectivity index (χ0v) is 13.6. The Morgan fingerprint density at radius 3 is 2.65 bits per heavy atom. The average Bonchev–Trinajstić information content (AvgIpc) is 2.93. The summed E-state index contributed by atoms with van der Waals surface area (Å²) in [6, 6.07) is 9.06. The van der Waals surface area contributed by atoms with Gasteiger partial charge in [0.05, 0.1) is 19.2 Å². The molecule has 1 aromatic rings. The summed E-state index contributed by atoms with van der Waals surface area (Å²) in [5.74, 6) is 0. The van der Waals surface area contributed by atoms with E-state index in [2.05, 4.69) is 5.32 Å². The van der Waals surface area contributed by atoms with Gasteiger partial charge in [0.2, 0.25) is 0 Å². The molecular formula is C16H22N2O5. The molecule has 0 saturated carbocycles.